The minimum atomic E-state index is -0.836. The number of phenolic OH excluding ortho intramolecular Hbond substituents is 2. The van der Waals surface area contributed by atoms with E-state index in [1.165, 1.54) is 6.42 Å². The van der Waals surface area contributed by atoms with Gasteiger partial charge in [0.15, 0.2) is 11.5 Å². The maximum atomic E-state index is 12.1. The summed E-state index contributed by atoms with van der Waals surface area (Å²) in [6, 6.07) is 2.03. The van der Waals surface area contributed by atoms with Crippen LogP contribution in [0.3, 0.4) is 0 Å². The van der Waals surface area contributed by atoms with E-state index in [4.69, 9.17) is 0 Å². The summed E-state index contributed by atoms with van der Waals surface area (Å²) in [7, 11) is 0. The van der Waals surface area contributed by atoms with Crippen LogP contribution in [0.15, 0.2) is 12.1 Å². The van der Waals surface area contributed by atoms with Gasteiger partial charge in [0.1, 0.15) is 0 Å². The third-order valence-electron chi connectivity index (χ3n) is 3.63. The number of nitrogens with one attached hydrogen (secondary N) is 1. The topological polar surface area (TPSA) is 116 Å². The zero-order valence-electron chi connectivity index (χ0n) is 12.5. The third-order valence-corrected chi connectivity index (χ3v) is 3.63. The number of hydrogen-bond acceptors (Lipinski definition) is 7. The molecular weight excluding hydrogens is 326 g/mol. The molecule has 3 N–H and O–H groups in total. The van der Waals surface area contributed by atoms with Crippen molar-refractivity contribution in [3.8, 4) is 11.5 Å². The Kier molecular flexibility index (Phi) is 7.21. The number of aromatic hydroxyl groups is 2. The predicted octanol–water partition coefficient (Wildman–Crippen LogP) is 1.99. The Hall–Kier alpha value is -1.90. The van der Waals surface area contributed by atoms with Crippen LogP contribution in [-0.4, -0.2) is 45.6 Å². The molecule has 1 saturated heterocycles. The molecule has 1 heterocycles. The Morgan fingerprint density at radius 3 is 2.52 bits per heavy atom. The lowest BCUT2D eigenvalue weighted by Crippen LogP contribution is -2.42. The van der Waals surface area contributed by atoms with Crippen LogP contribution in [0, 0.1) is 10.1 Å². The molecule has 0 aliphatic carbocycles. The van der Waals surface area contributed by atoms with Crippen molar-refractivity contribution in [1.82, 2.24) is 10.4 Å². The second-order valence-electron chi connectivity index (χ2n) is 5.25. The summed E-state index contributed by atoms with van der Waals surface area (Å²) in [4.78, 5) is 22.0. The molecular formula is C14H20ClN3O5. The fourth-order valence-electron chi connectivity index (χ4n) is 2.43. The summed E-state index contributed by atoms with van der Waals surface area (Å²) >= 11 is 0. The Bertz CT molecular complexity index is 576. The molecule has 1 aromatic rings. The van der Waals surface area contributed by atoms with Gasteiger partial charge in [-0.2, -0.15) is 0 Å². The number of phenols is 2. The van der Waals surface area contributed by atoms with Crippen LogP contribution < -0.4 is 5.43 Å². The first-order chi connectivity index (χ1) is 10.5. The van der Waals surface area contributed by atoms with Gasteiger partial charge in [-0.3, -0.25) is 20.3 Å². The molecule has 0 atom stereocenters. The lowest BCUT2D eigenvalue weighted by Gasteiger charge is -2.26. The summed E-state index contributed by atoms with van der Waals surface area (Å²) in [5.74, 6) is -1.82. The van der Waals surface area contributed by atoms with E-state index in [0.717, 1.165) is 38.1 Å². The highest BCUT2D eigenvalue weighted by atomic mass is 35.5. The van der Waals surface area contributed by atoms with E-state index in [1.807, 2.05) is 0 Å². The van der Waals surface area contributed by atoms with E-state index in [0.29, 0.717) is 6.54 Å². The molecule has 0 amide bonds. The molecule has 1 fully saturated rings. The maximum Gasteiger partial charge on any atom is 0.315 e. The van der Waals surface area contributed by atoms with Crippen molar-refractivity contribution >= 4 is 23.9 Å². The molecule has 0 radical (unpaired) electrons. The fraction of sp³-hybridized carbons (Fsp3) is 0.500. The molecule has 0 aromatic heterocycles. The van der Waals surface area contributed by atoms with Gasteiger partial charge in [0, 0.05) is 37.7 Å². The first kappa shape index (κ1) is 19.1. The second kappa shape index (κ2) is 8.66. The smallest absolute Gasteiger partial charge is 0.315 e. The average molecular weight is 346 g/mol. The number of rotatable bonds is 6. The number of hydrogen-bond donors (Lipinski definition) is 3. The van der Waals surface area contributed by atoms with E-state index in [9.17, 15) is 25.1 Å². The Labute approximate surface area is 139 Å². The first-order valence-electron chi connectivity index (χ1n) is 7.21. The van der Waals surface area contributed by atoms with Crippen LogP contribution >= 0.6 is 12.4 Å². The number of piperidine rings is 1. The highest BCUT2D eigenvalue weighted by Crippen LogP contribution is 2.36. The van der Waals surface area contributed by atoms with Crippen molar-refractivity contribution in [2.24, 2.45) is 0 Å². The number of Topliss-reactive ketones (excluding diaryl/α,β-unsaturated/α-hetero) is 1. The van der Waals surface area contributed by atoms with Gasteiger partial charge >= 0.3 is 5.69 Å². The third kappa shape index (κ3) is 5.05. The van der Waals surface area contributed by atoms with Crippen molar-refractivity contribution in [1.29, 1.82) is 0 Å². The van der Waals surface area contributed by atoms with Crippen molar-refractivity contribution in [2.75, 3.05) is 19.6 Å². The SMILES string of the molecule is Cl.O=C(CCNN1CCCCC1)c1cc(O)c(O)c([N+](=O)[O-])c1. The van der Waals surface area contributed by atoms with Crippen molar-refractivity contribution in [2.45, 2.75) is 25.7 Å². The summed E-state index contributed by atoms with van der Waals surface area (Å²) in [6.45, 7) is 2.31. The first-order valence-corrected chi connectivity index (χ1v) is 7.21. The number of nitro groups is 1. The number of benzene rings is 1. The number of halogens is 1. The lowest BCUT2D eigenvalue weighted by molar-refractivity contribution is -0.386. The van der Waals surface area contributed by atoms with E-state index in [1.54, 1.807) is 0 Å². The quantitative estimate of drug-likeness (QED) is 0.312. The average Bonchev–Trinajstić information content (AvgIpc) is 2.50. The molecule has 0 spiro atoms. The molecule has 23 heavy (non-hydrogen) atoms. The molecule has 128 valence electrons. The van der Waals surface area contributed by atoms with Crippen molar-refractivity contribution in [3.63, 3.8) is 0 Å². The van der Waals surface area contributed by atoms with Gasteiger partial charge in [-0.25, -0.2) is 5.01 Å². The Balaban J connectivity index is 0.00000264. The van der Waals surface area contributed by atoms with Crippen molar-refractivity contribution < 1.29 is 19.9 Å². The monoisotopic (exact) mass is 345 g/mol. The Morgan fingerprint density at radius 2 is 1.91 bits per heavy atom. The summed E-state index contributed by atoms with van der Waals surface area (Å²) in [5, 5.41) is 31.7. The fourth-order valence-corrected chi connectivity index (χ4v) is 2.43. The molecule has 0 unspecified atom stereocenters. The molecule has 9 heteroatoms. The highest BCUT2D eigenvalue weighted by molar-refractivity contribution is 5.97. The van der Waals surface area contributed by atoms with Gasteiger partial charge in [-0.15, -0.1) is 12.4 Å². The number of nitro benzene ring substituents is 1. The molecule has 8 nitrogen and oxygen atoms in total. The summed E-state index contributed by atoms with van der Waals surface area (Å²) in [5.41, 5.74) is 2.49. The van der Waals surface area contributed by atoms with Crippen LogP contribution in [0.1, 0.15) is 36.0 Å². The maximum absolute atomic E-state index is 12.1. The summed E-state index contributed by atoms with van der Waals surface area (Å²) in [6.07, 6.45) is 3.61. The van der Waals surface area contributed by atoms with E-state index in [-0.39, 0.29) is 30.2 Å². The number of ketones is 1. The van der Waals surface area contributed by atoms with Gasteiger partial charge in [0.05, 0.1) is 4.92 Å². The molecule has 0 saturated carbocycles. The molecule has 1 aliphatic rings. The summed E-state index contributed by atoms with van der Waals surface area (Å²) < 4.78 is 0. The van der Waals surface area contributed by atoms with Gasteiger partial charge in [-0.05, 0) is 18.9 Å². The van der Waals surface area contributed by atoms with Crippen LogP contribution in [-0.2, 0) is 0 Å². The minimum Gasteiger partial charge on any atom is -0.504 e. The van der Waals surface area contributed by atoms with E-state index in [2.05, 4.69) is 10.4 Å². The normalized spacial score (nSPS) is 15.0. The van der Waals surface area contributed by atoms with Crippen LogP contribution in [0.2, 0.25) is 0 Å². The zero-order chi connectivity index (χ0) is 16.1. The minimum absolute atomic E-state index is 0. The number of nitrogens with zero attached hydrogens (tertiary/aromatic N) is 2. The number of carbonyl (C=O) groups is 1. The molecule has 1 aromatic carbocycles. The van der Waals surface area contributed by atoms with E-state index >= 15 is 0 Å². The van der Waals surface area contributed by atoms with E-state index < -0.39 is 22.1 Å². The molecule has 0 bridgehead atoms. The van der Waals surface area contributed by atoms with Crippen LogP contribution in [0.5, 0.6) is 11.5 Å². The largest absolute Gasteiger partial charge is 0.504 e. The highest BCUT2D eigenvalue weighted by Gasteiger charge is 2.21. The zero-order valence-corrected chi connectivity index (χ0v) is 13.3. The standard InChI is InChI=1S/C14H19N3O5.ClH/c18-12(4-5-15-16-6-2-1-3-7-16)10-8-11(17(21)22)14(20)13(19)9-10;/h8-9,15,19-20H,1-7H2;1H. The number of hydrazine groups is 1. The number of carbonyl (C=O) groups excluding carboxylic acids is 1. The molecule has 1 aliphatic heterocycles. The van der Waals surface area contributed by atoms with Gasteiger partial charge in [0.2, 0.25) is 5.75 Å². The van der Waals surface area contributed by atoms with Crippen LogP contribution in [0.4, 0.5) is 5.69 Å². The van der Waals surface area contributed by atoms with Gasteiger partial charge in [0.25, 0.3) is 0 Å². The van der Waals surface area contributed by atoms with Crippen LogP contribution in [0.25, 0.3) is 0 Å². The van der Waals surface area contributed by atoms with Gasteiger partial charge in [-0.1, -0.05) is 6.42 Å². The predicted molar refractivity (Wildman–Crippen MR) is 86.0 cm³/mol. The molecule has 2 rings (SSSR count). The van der Waals surface area contributed by atoms with Gasteiger partial charge < -0.3 is 10.2 Å². The van der Waals surface area contributed by atoms with Crippen molar-refractivity contribution in [3.05, 3.63) is 27.8 Å². The Morgan fingerprint density at radius 1 is 1.26 bits per heavy atom. The second-order valence-corrected chi connectivity index (χ2v) is 5.25. The lowest BCUT2D eigenvalue weighted by atomic mass is 10.1.